The van der Waals surface area contributed by atoms with E-state index in [4.69, 9.17) is 10.2 Å². The molecule has 0 unspecified atom stereocenters. The molecule has 0 atom stereocenters. The van der Waals surface area contributed by atoms with Gasteiger partial charge in [-0.15, -0.1) is 0 Å². The smallest absolute Gasteiger partial charge is 0.222 e. The molecule has 0 radical (unpaired) electrons. The normalized spacial score (nSPS) is 10.4. The Morgan fingerprint density at radius 2 is 2.25 bits per heavy atom. The van der Waals surface area contributed by atoms with Gasteiger partial charge in [0.05, 0.1) is 12.5 Å². The number of rotatable bonds is 3. The maximum Gasteiger partial charge on any atom is 0.222 e. The Labute approximate surface area is 93.9 Å². The fourth-order valence-electron chi connectivity index (χ4n) is 1.51. The topological polar surface area (TPSA) is 68.2 Å². The summed E-state index contributed by atoms with van der Waals surface area (Å²) >= 11 is 0. The SMILES string of the molecule is Cc1cc(N(C)Cc2ccoc2)nc(N)n1. The summed E-state index contributed by atoms with van der Waals surface area (Å²) in [6, 6.07) is 3.82. The molecule has 0 saturated carbocycles. The Kier molecular flexibility index (Phi) is 2.76. The molecule has 0 aliphatic rings. The van der Waals surface area contributed by atoms with Gasteiger partial charge in [0.15, 0.2) is 0 Å². The second-order valence-corrected chi connectivity index (χ2v) is 3.71. The number of nitrogens with two attached hydrogens (primary N) is 1. The van der Waals surface area contributed by atoms with E-state index in [1.807, 2.05) is 31.0 Å². The van der Waals surface area contributed by atoms with Crippen molar-refractivity contribution in [1.82, 2.24) is 9.97 Å². The first kappa shape index (κ1) is 10.5. The van der Waals surface area contributed by atoms with Crippen molar-refractivity contribution in [2.24, 2.45) is 0 Å². The van der Waals surface area contributed by atoms with Crippen LogP contribution < -0.4 is 10.6 Å². The van der Waals surface area contributed by atoms with E-state index in [1.165, 1.54) is 0 Å². The van der Waals surface area contributed by atoms with Crippen LogP contribution in [0.2, 0.25) is 0 Å². The lowest BCUT2D eigenvalue weighted by Crippen LogP contribution is -2.18. The third kappa shape index (κ3) is 2.31. The third-order valence-corrected chi connectivity index (χ3v) is 2.25. The van der Waals surface area contributed by atoms with E-state index in [2.05, 4.69) is 9.97 Å². The molecule has 0 spiro atoms. The number of nitrogens with zero attached hydrogens (tertiary/aromatic N) is 3. The van der Waals surface area contributed by atoms with Crippen LogP contribution in [0.1, 0.15) is 11.3 Å². The summed E-state index contributed by atoms with van der Waals surface area (Å²) < 4.78 is 5.01. The van der Waals surface area contributed by atoms with Gasteiger partial charge in [0, 0.05) is 30.9 Å². The van der Waals surface area contributed by atoms with Crippen molar-refractivity contribution in [2.45, 2.75) is 13.5 Å². The number of aryl methyl sites for hydroxylation is 1. The molecule has 0 amide bonds. The minimum Gasteiger partial charge on any atom is -0.472 e. The molecule has 0 saturated heterocycles. The van der Waals surface area contributed by atoms with Gasteiger partial charge in [-0.2, -0.15) is 4.98 Å². The first-order valence-electron chi connectivity index (χ1n) is 4.98. The number of anilines is 2. The van der Waals surface area contributed by atoms with Gasteiger partial charge in [0.1, 0.15) is 5.82 Å². The second-order valence-electron chi connectivity index (χ2n) is 3.71. The molecule has 2 N–H and O–H groups in total. The first-order valence-corrected chi connectivity index (χ1v) is 4.98. The Bertz CT molecular complexity index is 447. The van der Waals surface area contributed by atoms with Crippen LogP contribution in [0.15, 0.2) is 29.1 Å². The molecule has 2 rings (SSSR count). The van der Waals surface area contributed by atoms with Gasteiger partial charge in [-0.25, -0.2) is 4.98 Å². The quantitative estimate of drug-likeness (QED) is 0.847. The van der Waals surface area contributed by atoms with E-state index in [9.17, 15) is 0 Å². The average molecular weight is 218 g/mol. The summed E-state index contributed by atoms with van der Waals surface area (Å²) in [7, 11) is 1.95. The highest BCUT2D eigenvalue weighted by atomic mass is 16.3. The van der Waals surface area contributed by atoms with Crippen LogP contribution in [-0.2, 0) is 6.54 Å². The molecule has 0 aliphatic heterocycles. The largest absolute Gasteiger partial charge is 0.472 e. The van der Waals surface area contributed by atoms with Gasteiger partial charge in [-0.3, -0.25) is 0 Å². The van der Waals surface area contributed by atoms with Crippen LogP contribution >= 0.6 is 0 Å². The van der Waals surface area contributed by atoms with E-state index < -0.39 is 0 Å². The molecule has 2 aromatic heterocycles. The molecule has 0 aliphatic carbocycles. The van der Waals surface area contributed by atoms with Crippen molar-refractivity contribution < 1.29 is 4.42 Å². The van der Waals surface area contributed by atoms with Crippen molar-refractivity contribution >= 4 is 11.8 Å². The standard InChI is InChI=1S/C11H14N4O/c1-8-5-10(14-11(12)13-8)15(2)6-9-3-4-16-7-9/h3-5,7H,6H2,1-2H3,(H2,12,13,14). The average Bonchev–Trinajstić information content (AvgIpc) is 2.68. The van der Waals surface area contributed by atoms with Gasteiger partial charge in [-0.05, 0) is 13.0 Å². The Morgan fingerprint density at radius 1 is 1.44 bits per heavy atom. The maximum absolute atomic E-state index is 5.60. The fraction of sp³-hybridized carbons (Fsp3) is 0.273. The predicted octanol–water partition coefficient (Wildman–Crippen LogP) is 1.60. The van der Waals surface area contributed by atoms with E-state index >= 15 is 0 Å². The lowest BCUT2D eigenvalue weighted by molar-refractivity contribution is 0.563. The Hall–Kier alpha value is -2.04. The lowest BCUT2D eigenvalue weighted by atomic mass is 10.3. The molecular formula is C11H14N4O. The molecule has 5 nitrogen and oxygen atoms in total. The second kappa shape index (κ2) is 4.22. The van der Waals surface area contributed by atoms with Crippen molar-refractivity contribution in [1.29, 1.82) is 0 Å². The Balaban J connectivity index is 2.17. The van der Waals surface area contributed by atoms with E-state index in [1.54, 1.807) is 12.5 Å². The molecule has 0 fully saturated rings. The minimum absolute atomic E-state index is 0.300. The minimum atomic E-state index is 0.300. The molecule has 84 valence electrons. The zero-order chi connectivity index (χ0) is 11.5. The zero-order valence-corrected chi connectivity index (χ0v) is 9.34. The van der Waals surface area contributed by atoms with Crippen LogP contribution in [0, 0.1) is 6.92 Å². The molecule has 2 heterocycles. The summed E-state index contributed by atoms with van der Waals surface area (Å²) in [4.78, 5) is 10.2. The fourth-order valence-corrected chi connectivity index (χ4v) is 1.51. The summed E-state index contributed by atoms with van der Waals surface area (Å²) in [5.41, 5.74) is 7.56. The number of hydrogen-bond acceptors (Lipinski definition) is 5. The van der Waals surface area contributed by atoms with Crippen molar-refractivity contribution in [3.05, 3.63) is 35.9 Å². The van der Waals surface area contributed by atoms with E-state index in [0.717, 1.165) is 23.6 Å². The van der Waals surface area contributed by atoms with Crippen LogP contribution in [0.25, 0.3) is 0 Å². The molecule has 16 heavy (non-hydrogen) atoms. The van der Waals surface area contributed by atoms with Crippen molar-refractivity contribution in [3.8, 4) is 0 Å². The summed E-state index contributed by atoms with van der Waals surface area (Å²) in [5, 5.41) is 0. The highest BCUT2D eigenvalue weighted by Gasteiger charge is 2.06. The maximum atomic E-state index is 5.60. The van der Waals surface area contributed by atoms with Crippen LogP contribution in [-0.4, -0.2) is 17.0 Å². The highest BCUT2D eigenvalue weighted by molar-refractivity contribution is 5.42. The van der Waals surface area contributed by atoms with Gasteiger partial charge in [0.25, 0.3) is 0 Å². The number of furan rings is 1. The number of nitrogen functional groups attached to an aromatic ring is 1. The van der Waals surface area contributed by atoms with Gasteiger partial charge in [0.2, 0.25) is 5.95 Å². The van der Waals surface area contributed by atoms with Crippen molar-refractivity contribution in [3.63, 3.8) is 0 Å². The first-order chi connectivity index (χ1) is 7.65. The van der Waals surface area contributed by atoms with E-state index in [0.29, 0.717) is 5.95 Å². The lowest BCUT2D eigenvalue weighted by Gasteiger charge is -2.17. The van der Waals surface area contributed by atoms with E-state index in [-0.39, 0.29) is 0 Å². The molecular weight excluding hydrogens is 204 g/mol. The summed E-state index contributed by atoms with van der Waals surface area (Å²) in [6.45, 7) is 2.62. The highest BCUT2D eigenvalue weighted by Crippen LogP contribution is 2.14. The number of aromatic nitrogens is 2. The third-order valence-electron chi connectivity index (χ3n) is 2.25. The van der Waals surface area contributed by atoms with Crippen LogP contribution in [0.5, 0.6) is 0 Å². The molecule has 2 aromatic rings. The van der Waals surface area contributed by atoms with Crippen LogP contribution in [0.4, 0.5) is 11.8 Å². The van der Waals surface area contributed by atoms with Crippen LogP contribution in [0.3, 0.4) is 0 Å². The van der Waals surface area contributed by atoms with Gasteiger partial charge < -0.3 is 15.1 Å². The molecule has 0 bridgehead atoms. The monoisotopic (exact) mass is 218 g/mol. The summed E-state index contributed by atoms with van der Waals surface area (Å²) in [6.07, 6.45) is 3.37. The Morgan fingerprint density at radius 3 is 2.88 bits per heavy atom. The van der Waals surface area contributed by atoms with Crippen molar-refractivity contribution in [2.75, 3.05) is 17.7 Å². The van der Waals surface area contributed by atoms with Gasteiger partial charge in [-0.1, -0.05) is 0 Å². The van der Waals surface area contributed by atoms with Gasteiger partial charge >= 0.3 is 0 Å². The zero-order valence-electron chi connectivity index (χ0n) is 9.34. The molecule has 0 aromatic carbocycles. The summed E-state index contributed by atoms with van der Waals surface area (Å²) in [5.74, 6) is 1.11. The number of hydrogen-bond donors (Lipinski definition) is 1. The predicted molar refractivity (Wildman–Crippen MR) is 62.0 cm³/mol. The molecule has 5 heteroatoms.